The zero-order valence-corrected chi connectivity index (χ0v) is 37.0. The standard InChI is InChI=1S/C30H39N4O7.3C4H9.Sn/c1-19(31-27(37)24(18-22-15-11-8-12-16-22)34-29(39)41-30(3,4)5)25(35)33-23(17-21-13-9-7-10-14-21)26(36)32-20(2)28(38)40-6;3*1-3-4-2;/h7,9-16,19-20,23-24H,17-18H2,1-6H3,(H,31,37)(H,32,36)(H,33,35)(H,34,39);3*1,3-4H2,2H3;/t19-,20-,23-,24-;;;;/m0..../s1. The number of benzene rings is 2. The second-order valence-corrected chi connectivity index (χ2v) is 28.7. The van der Waals surface area contributed by atoms with Crippen LogP contribution in [0.15, 0.2) is 54.6 Å². The number of amides is 4. The molecule has 0 aliphatic carbocycles. The van der Waals surface area contributed by atoms with Crippen molar-refractivity contribution >= 4 is 51.7 Å². The number of esters is 1. The molecule has 11 nitrogen and oxygen atoms in total. The van der Waals surface area contributed by atoms with Crippen LogP contribution in [0.2, 0.25) is 13.3 Å². The Morgan fingerprint density at radius 2 is 1.09 bits per heavy atom. The van der Waals surface area contributed by atoms with E-state index in [0.29, 0.717) is 0 Å². The van der Waals surface area contributed by atoms with Crippen LogP contribution >= 0.6 is 0 Å². The van der Waals surface area contributed by atoms with E-state index in [1.807, 2.05) is 30.3 Å². The molecule has 0 aromatic heterocycles. The third kappa shape index (κ3) is 16.0. The first-order valence-corrected chi connectivity index (χ1v) is 27.2. The molecular weight excluding hydrogens is 791 g/mol. The number of carbonyl (C=O) groups excluding carboxylic acids is 5. The topological polar surface area (TPSA) is 152 Å². The molecule has 4 N–H and O–H groups in total. The first kappa shape index (κ1) is 46.5. The number of alkyl carbamates (subject to hydrolysis) is 1. The molecule has 12 heteroatoms. The molecule has 4 atom stereocenters. The van der Waals surface area contributed by atoms with Crippen LogP contribution in [0.4, 0.5) is 4.79 Å². The predicted molar refractivity (Wildman–Crippen MR) is 217 cm³/mol. The molecule has 0 heterocycles. The van der Waals surface area contributed by atoms with Crippen LogP contribution in [-0.2, 0) is 41.5 Å². The van der Waals surface area contributed by atoms with Gasteiger partial charge in [0, 0.05) is 6.42 Å². The van der Waals surface area contributed by atoms with Crippen LogP contribution in [0.5, 0.6) is 0 Å². The summed E-state index contributed by atoms with van der Waals surface area (Å²) in [5.74, 6) is -2.39. The Morgan fingerprint density at radius 3 is 1.56 bits per heavy atom. The fraction of sp³-hybridized carbons (Fsp3) is 0.595. The van der Waals surface area contributed by atoms with E-state index in [1.165, 1.54) is 76.4 Å². The van der Waals surface area contributed by atoms with Gasteiger partial charge in [-0.2, -0.15) is 0 Å². The average Bonchev–Trinajstić information content (AvgIpc) is 3.13. The summed E-state index contributed by atoms with van der Waals surface area (Å²) in [4.78, 5) is 65.6. The molecule has 0 aliphatic rings. The third-order valence-corrected chi connectivity index (χ3v) is 25.3. The number of methoxy groups -OCH3 is 1. The summed E-state index contributed by atoms with van der Waals surface area (Å²) >= 11 is -2.67. The fourth-order valence-electron chi connectivity index (χ4n) is 6.53. The van der Waals surface area contributed by atoms with Crippen molar-refractivity contribution in [2.24, 2.45) is 0 Å². The van der Waals surface area contributed by atoms with Crippen LogP contribution in [0.3, 0.4) is 0 Å². The van der Waals surface area contributed by atoms with Crippen molar-refractivity contribution in [3.8, 4) is 0 Å². The second-order valence-electron chi connectivity index (χ2n) is 15.4. The summed E-state index contributed by atoms with van der Waals surface area (Å²) in [6, 6.07) is 13.7. The van der Waals surface area contributed by atoms with E-state index < -0.39 is 77.9 Å². The summed E-state index contributed by atoms with van der Waals surface area (Å²) in [6.45, 7) is 15.0. The van der Waals surface area contributed by atoms with E-state index in [1.54, 1.807) is 20.8 Å². The molecule has 0 fully saturated rings. The van der Waals surface area contributed by atoms with E-state index in [2.05, 4.69) is 66.3 Å². The Labute approximate surface area is 327 Å². The van der Waals surface area contributed by atoms with Crippen molar-refractivity contribution in [2.75, 3.05) is 7.11 Å². The van der Waals surface area contributed by atoms with Gasteiger partial charge in [-0.3, -0.25) is 4.79 Å². The number of hydrogen-bond donors (Lipinski definition) is 4. The van der Waals surface area contributed by atoms with Crippen LogP contribution in [0, 0.1) is 0 Å². The molecule has 0 unspecified atom stereocenters. The molecule has 2 aromatic carbocycles. The molecule has 300 valence electrons. The number of rotatable bonds is 22. The molecule has 0 saturated carbocycles. The monoisotopic (exact) mass is 858 g/mol. The van der Waals surface area contributed by atoms with E-state index in [9.17, 15) is 24.0 Å². The van der Waals surface area contributed by atoms with Gasteiger partial charge in [-0.15, -0.1) is 0 Å². The quantitative estimate of drug-likeness (QED) is 0.0827. The molecule has 0 radical (unpaired) electrons. The average molecular weight is 858 g/mol. The summed E-state index contributed by atoms with van der Waals surface area (Å²) in [6.07, 6.45) is 6.91. The number of carbonyl (C=O) groups is 5. The molecule has 2 aromatic rings. The number of hydrogen-bond acceptors (Lipinski definition) is 7. The van der Waals surface area contributed by atoms with Gasteiger partial charge < -0.3 is 10.1 Å². The first-order valence-electron chi connectivity index (χ1n) is 19.7. The first-order chi connectivity index (χ1) is 25.6. The van der Waals surface area contributed by atoms with Gasteiger partial charge in [-0.1, -0.05) is 30.3 Å². The van der Waals surface area contributed by atoms with Gasteiger partial charge >= 0.3 is 241 Å². The summed E-state index contributed by atoms with van der Waals surface area (Å²) in [5.41, 5.74) is 0.884. The normalized spacial score (nSPS) is 13.8. The maximum atomic E-state index is 13.8. The minimum atomic E-state index is -2.67. The van der Waals surface area contributed by atoms with Gasteiger partial charge in [-0.05, 0) is 12.5 Å². The van der Waals surface area contributed by atoms with Gasteiger partial charge in [0.2, 0.25) is 5.91 Å². The summed E-state index contributed by atoms with van der Waals surface area (Å²) in [7, 11) is 1.23. The van der Waals surface area contributed by atoms with Crippen molar-refractivity contribution in [1.82, 2.24) is 21.3 Å². The van der Waals surface area contributed by atoms with Crippen molar-refractivity contribution in [1.29, 1.82) is 0 Å². The molecule has 0 aliphatic heterocycles. The van der Waals surface area contributed by atoms with Crippen LogP contribution < -0.4 is 24.8 Å². The van der Waals surface area contributed by atoms with E-state index >= 15 is 0 Å². The van der Waals surface area contributed by atoms with Crippen molar-refractivity contribution < 1.29 is 33.4 Å². The summed E-state index contributed by atoms with van der Waals surface area (Å²) in [5, 5.41) is 10.8. The minimum absolute atomic E-state index is 0.146. The maximum absolute atomic E-state index is 13.8. The molecular formula is C42H66N4O7Sn. The van der Waals surface area contributed by atoms with Crippen LogP contribution in [0.1, 0.15) is 105 Å². The second kappa shape index (κ2) is 23.3. The zero-order chi connectivity index (χ0) is 40.3. The molecule has 4 amide bonds. The Kier molecular flexibility index (Phi) is 20.1. The van der Waals surface area contributed by atoms with Crippen molar-refractivity contribution in [3.05, 3.63) is 65.7 Å². The fourth-order valence-corrected chi connectivity index (χ4v) is 22.5. The molecule has 0 bridgehead atoms. The SMILES string of the molecule is CCC[CH2][Sn]([CH2]CCC)([CH2]CCC)[c]1ccc(C[C@H](NC(=O)OC(C)(C)C)C(=O)N[C@@H](C)C(=O)N[C@@H](Cc2ccccc2)C(=O)N[C@@H](C)C(=O)OC)cc1. The van der Waals surface area contributed by atoms with Gasteiger partial charge in [0.1, 0.15) is 6.04 Å². The third-order valence-electron chi connectivity index (χ3n) is 9.62. The Balaban J connectivity index is 2.32. The Bertz CT molecular complexity index is 1460. The Morgan fingerprint density at radius 1 is 0.630 bits per heavy atom. The molecule has 0 spiro atoms. The van der Waals surface area contributed by atoms with Crippen molar-refractivity contribution in [3.63, 3.8) is 0 Å². The number of nitrogens with one attached hydrogen (secondary N) is 4. The number of unbranched alkanes of at least 4 members (excludes halogenated alkanes) is 3. The molecule has 54 heavy (non-hydrogen) atoms. The zero-order valence-electron chi connectivity index (χ0n) is 34.1. The molecule has 0 saturated heterocycles. The van der Waals surface area contributed by atoms with Gasteiger partial charge in [0.05, 0.1) is 7.11 Å². The Hall–Kier alpha value is -3.61. The van der Waals surface area contributed by atoms with E-state index in [4.69, 9.17) is 9.47 Å². The van der Waals surface area contributed by atoms with E-state index in [0.717, 1.165) is 11.1 Å². The predicted octanol–water partition coefficient (Wildman–Crippen LogP) is 6.09. The number of ether oxygens (including phenoxy) is 2. The van der Waals surface area contributed by atoms with Crippen molar-refractivity contribution in [2.45, 2.75) is 150 Å². The van der Waals surface area contributed by atoms with E-state index in [-0.39, 0.29) is 12.8 Å². The van der Waals surface area contributed by atoms with Crippen LogP contribution in [-0.4, -0.2) is 85.0 Å². The van der Waals surface area contributed by atoms with Gasteiger partial charge in [0.15, 0.2) is 0 Å². The summed E-state index contributed by atoms with van der Waals surface area (Å²) < 4.78 is 15.8. The molecule has 2 rings (SSSR count). The van der Waals surface area contributed by atoms with Crippen LogP contribution in [0.25, 0.3) is 0 Å². The van der Waals surface area contributed by atoms with Gasteiger partial charge in [-0.25, -0.2) is 4.79 Å². The van der Waals surface area contributed by atoms with Gasteiger partial charge in [0.25, 0.3) is 0 Å².